The monoisotopic (exact) mass is 416 g/mol. The van der Waals surface area contributed by atoms with Crippen LogP contribution in [0.4, 0.5) is 11.4 Å². The lowest BCUT2D eigenvalue weighted by Crippen LogP contribution is -2.45. The number of methoxy groups -OCH3 is 1. The number of carbonyl (C=O) groups excluding carboxylic acids is 1. The molecule has 140 valence electrons. The third-order valence-electron chi connectivity index (χ3n) is 3.61. The van der Waals surface area contributed by atoms with Crippen LogP contribution in [0.3, 0.4) is 0 Å². The average Bonchev–Trinajstić information content (AvgIpc) is 2.57. The highest BCUT2D eigenvalue weighted by Crippen LogP contribution is 2.30. The Morgan fingerprint density at radius 1 is 1.15 bits per heavy atom. The third-order valence-corrected chi connectivity index (χ3v) is 5.59. The summed E-state index contributed by atoms with van der Waals surface area (Å²) >= 11 is 11.9. The quantitative estimate of drug-likeness (QED) is 0.776. The van der Waals surface area contributed by atoms with E-state index in [9.17, 15) is 13.2 Å². The SMILES string of the molecule is COc1ccccc1NC(=O)[C@@H](C)N(c1ccc(Cl)c(Cl)c1)S(C)(=O)=O. The van der Waals surface area contributed by atoms with Crippen LogP contribution in [0.15, 0.2) is 42.5 Å². The Bertz CT molecular complexity index is 919. The molecule has 0 aliphatic carbocycles. The van der Waals surface area contributed by atoms with Crippen molar-refractivity contribution in [2.75, 3.05) is 23.0 Å². The van der Waals surface area contributed by atoms with Crippen molar-refractivity contribution in [3.8, 4) is 5.75 Å². The molecule has 0 saturated heterocycles. The van der Waals surface area contributed by atoms with E-state index in [4.69, 9.17) is 27.9 Å². The Morgan fingerprint density at radius 3 is 2.38 bits per heavy atom. The molecule has 2 aromatic rings. The maximum absolute atomic E-state index is 12.7. The van der Waals surface area contributed by atoms with E-state index in [-0.39, 0.29) is 15.7 Å². The van der Waals surface area contributed by atoms with Crippen molar-refractivity contribution >= 4 is 50.5 Å². The molecule has 0 fully saturated rings. The molecular weight excluding hydrogens is 399 g/mol. The van der Waals surface area contributed by atoms with Crippen molar-refractivity contribution in [1.82, 2.24) is 0 Å². The number of benzene rings is 2. The van der Waals surface area contributed by atoms with Gasteiger partial charge in [-0.05, 0) is 37.3 Å². The lowest BCUT2D eigenvalue weighted by Gasteiger charge is -2.28. The molecular formula is C17H18Cl2N2O4S. The van der Waals surface area contributed by atoms with E-state index in [1.54, 1.807) is 24.3 Å². The number of sulfonamides is 1. The number of carbonyl (C=O) groups is 1. The minimum absolute atomic E-state index is 0.190. The van der Waals surface area contributed by atoms with E-state index in [1.165, 1.54) is 32.2 Å². The van der Waals surface area contributed by atoms with Crippen molar-refractivity contribution in [2.24, 2.45) is 0 Å². The second-order valence-corrected chi connectivity index (χ2v) is 8.20. The first-order valence-electron chi connectivity index (χ1n) is 7.53. The van der Waals surface area contributed by atoms with Gasteiger partial charge in [-0.3, -0.25) is 9.10 Å². The van der Waals surface area contributed by atoms with Crippen LogP contribution in [0, 0.1) is 0 Å². The number of para-hydroxylation sites is 2. The van der Waals surface area contributed by atoms with Crippen LogP contribution in [-0.2, 0) is 14.8 Å². The van der Waals surface area contributed by atoms with Crippen LogP contribution >= 0.6 is 23.2 Å². The summed E-state index contributed by atoms with van der Waals surface area (Å²) in [5.41, 5.74) is 0.680. The van der Waals surface area contributed by atoms with Gasteiger partial charge in [0.25, 0.3) is 0 Å². The van der Waals surface area contributed by atoms with Gasteiger partial charge in [-0.25, -0.2) is 8.42 Å². The van der Waals surface area contributed by atoms with Gasteiger partial charge in [-0.15, -0.1) is 0 Å². The Kier molecular flexibility index (Phi) is 6.39. The highest BCUT2D eigenvalue weighted by molar-refractivity contribution is 7.92. The summed E-state index contributed by atoms with van der Waals surface area (Å²) in [6.07, 6.45) is 1.02. The molecule has 0 saturated carbocycles. The molecule has 2 rings (SSSR count). The van der Waals surface area contributed by atoms with E-state index in [2.05, 4.69) is 5.32 Å². The summed E-state index contributed by atoms with van der Waals surface area (Å²) in [4.78, 5) is 12.7. The van der Waals surface area contributed by atoms with Crippen molar-refractivity contribution in [2.45, 2.75) is 13.0 Å². The average molecular weight is 417 g/mol. The van der Waals surface area contributed by atoms with E-state index < -0.39 is 22.0 Å². The molecule has 0 aliphatic heterocycles. The summed E-state index contributed by atoms with van der Waals surface area (Å²) < 4.78 is 30.8. The molecule has 0 unspecified atom stereocenters. The lowest BCUT2D eigenvalue weighted by atomic mass is 10.2. The highest BCUT2D eigenvalue weighted by Gasteiger charge is 2.30. The van der Waals surface area contributed by atoms with Crippen molar-refractivity contribution in [3.63, 3.8) is 0 Å². The fraction of sp³-hybridized carbons (Fsp3) is 0.235. The molecule has 0 radical (unpaired) electrons. The molecule has 1 amide bonds. The summed E-state index contributed by atoms with van der Waals surface area (Å²) in [6, 6.07) is 10.2. The van der Waals surface area contributed by atoms with Crippen LogP contribution in [0.2, 0.25) is 10.0 Å². The van der Waals surface area contributed by atoms with Gasteiger partial charge in [0.1, 0.15) is 11.8 Å². The van der Waals surface area contributed by atoms with E-state index >= 15 is 0 Å². The Hall–Kier alpha value is -1.96. The van der Waals surface area contributed by atoms with Gasteiger partial charge in [-0.2, -0.15) is 0 Å². The number of hydrogen-bond acceptors (Lipinski definition) is 4. The maximum atomic E-state index is 12.7. The summed E-state index contributed by atoms with van der Waals surface area (Å²) in [5.74, 6) is -0.0560. The second-order valence-electron chi connectivity index (χ2n) is 5.52. The van der Waals surface area contributed by atoms with Crippen LogP contribution < -0.4 is 14.4 Å². The topological polar surface area (TPSA) is 75.7 Å². The van der Waals surface area contributed by atoms with E-state index in [0.29, 0.717) is 11.4 Å². The number of rotatable bonds is 6. The Morgan fingerprint density at radius 2 is 1.81 bits per heavy atom. The molecule has 1 N–H and O–H groups in total. The Labute approximate surface area is 162 Å². The standard InChI is InChI=1S/C17H18Cl2N2O4S/c1-11(17(22)20-15-6-4-5-7-16(15)25-2)21(26(3,23)24)12-8-9-13(18)14(19)10-12/h4-11H,1-3H3,(H,20,22)/t11-/m1/s1. The number of hydrogen-bond donors (Lipinski definition) is 1. The minimum atomic E-state index is -3.76. The first-order chi connectivity index (χ1) is 12.1. The smallest absolute Gasteiger partial charge is 0.248 e. The fourth-order valence-corrected chi connectivity index (χ4v) is 3.88. The van der Waals surface area contributed by atoms with Crippen LogP contribution in [0.1, 0.15) is 6.92 Å². The maximum Gasteiger partial charge on any atom is 0.248 e. The van der Waals surface area contributed by atoms with Gasteiger partial charge in [0.05, 0.1) is 34.8 Å². The molecule has 2 aromatic carbocycles. The van der Waals surface area contributed by atoms with E-state index in [1.807, 2.05) is 0 Å². The molecule has 6 nitrogen and oxygen atoms in total. The molecule has 0 heterocycles. The van der Waals surface area contributed by atoms with Gasteiger partial charge in [0.2, 0.25) is 15.9 Å². The number of anilines is 2. The van der Waals surface area contributed by atoms with Crippen molar-refractivity contribution in [3.05, 3.63) is 52.5 Å². The lowest BCUT2D eigenvalue weighted by molar-refractivity contribution is -0.116. The molecule has 1 atom stereocenters. The molecule has 0 bridgehead atoms. The zero-order valence-corrected chi connectivity index (χ0v) is 16.7. The largest absolute Gasteiger partial charge is 0.495 e. The number of amides is 1. The zero-order valence-electron chi connectivity index (χ0n) is 14.4. The van der Waals surface area contributed by atoms with Crippen molar-refractivity contribution < 1.29 is 17.9 Å². The normalized spacial score (nSPS) is 12.3. The predicted molar refractivity (Wildman–Crippen MR) is 105 cm³/mol. The third kappa shape index (κ3) is 4.60. The molecule has 26 heavy (non-hydrogen) atoms. The second kappa shape index (κ2) is 8.16. The van der Waals surface area contributed by atoms with Crippen LogP contribution in [-0.4, -0.2) is 33.7 Å². The first kappa shape index (κ1) is 20.4. The molecule has 0 aromatic heterocycles. The number of ether oxygens (including phenoxy) is 1. The van der Waals surface area contributed by atoms with Gasteiger partial charge >= 0.3 is 0 Å². The highest BCUT2D eigenvalue weighted by atomic mass is 35.5. The zero-order chi connectivity index (χ0) is 19.5. The van der Waals surface area contributed by atoms with Gasteiger partial charge in [0, 0.05) is 0 Å². The van der Waals surface area contributed by atoms with E-state index in [0.717, 1.165) is 10.6 Å². The van der Waals surface area contributed by atoms with Crippen LogP contribution in [0.5, 0.6) is 5.75 Å². The van der Waals surface area contributed by atoms with Gasteiger partial charge in [0.15, 0.2) is 0 Å². The van der Waals surface area contributed by atoms with Crippen molar-refractivity contribution in [1.29, 1.82) is 0 Å². The fourth-order valence-electron chi connectivity index (χ4n) is 2.42. The number of nitrogens with zero attached hydrogens (tertiary/aromatic N) is 1. The number of halogens is 2. The number of nitrogens with one attached hydrogen (secondary N) is 1. The Balaban J connectivity index is 2.36. The molecule has 0 aliphatic rings. The summed E-state index contributed by atoms with van der Waals surface area (Å²) in [7, 11) is -2.28. The van der Waals surface area contributed by atoms with Gasteiger partial charge in [-0.1, -0.05) is 35.3 Å². The molecule has 9 heteroatoms. The minimum Gasteiger partial charge on any atom is -0.495 e. The summed E-state index contributed by atoms with van der Waals surface area (Å²) in [5, 5.41) is 3.16. The first-order valence-corrected chi connectivity index (χ1v) is 10.1. The van der Waals surface area contributed by atoms with Gasteiger partial charge < -0.3 is 10.1 Å². The summed E-state index contributed by atoms with van der Waals surface area (Å²) in [6.45, 7) is 1.48. The van der Waals surface area contributed by atoms with Crippen LogP contribution in [0.25, 0.3) is 0 Å². The predicted octanol–water partition coefficient (Wildman–Crippen LogP) is 3.80. The molecule has 0 spiro atoms.